The van der Waals surface area contributed by atoms with Crippen LogP contribution in [0.4, 0.5) is 14.6 Å². The van der Waals surface area contributed by atoms with Crippen LogP contribution < -0.4 is 5.32 Å². The lowest BCUT2D eigenvalue weighted by Gasteiger charge is -2.10. The molecule has 3 aromatic rings. The molecule has 0 aliphatic carbocycles. The number of rotatable bonds is 6. The minimum Gasteiger partial charge on any atom is -0.307 e. The Bertz CT molecular complexity index is 1100. The van der Waals surface area contributed by atoms with Crippen molar-refractivity contribution in [3.05, 3.63) is 76.9 Å². The Morgan fingerprint density at radius 2 is 1.86 bits per heavy atom. The van der Waals surface area contributed by atoms with Gasteiger partial charge in [0.2, 0.25) is 9.84 Å². The van der Waals surface area contributed by atoms with Crippen LogP contribution in [0.1, 0.15) is 15.9 Å². The highest BCUT2D eigenvalue weighted by atomic mass is 35.5. The van der Waals surface area contributed by atoms with Crippen molar-refractivity contribution in [1.29, 1.82) is 0 Å². The molecule has 146 valence electrons. The third-order valence-electron chi connectivity index (χ3n) is 3.86. The zero-order chi connectivity index (χ0) is 20.3. The number of hydrogen-bond donors (Lipinski definition) is 1. The molecule has 0 unspecified atom stereocenters. The van der Waals surface area contributed by atoms with Gasteiger partial charge in [0.05, 0.1) is 17.6 Å². The first-order chi connectivity index (χ1) is 13.3. The molecule has 0 radical (unpaired) electrons. The number of aromatic nitrogens is 2. The van der Waals surface area contributed by atoms with Crippen LogP contribution >= 0.6 is 11.6 Å². The summed E-state index contributed by atoms with van der Waals surface area (Å²) >= 11 is 5.96. The fourth-order valence-electron chi connectivity index (χ4n) is 2.46. The van der Waals surface area contributed by atoms with E-state index in [-0.39, 0.29) is 5.56 Å². The van der Waals surface area contributed by atoms with E-state index >= 15 is 0 Å². The fraction of sp³-hybridized carbons (Fsp3) is 0.111. The number of anilines is 1. The average molecular weight is 426 g/mol. The zero-order valence-electron chi connectivity index (χ0n) is 14.2. The van der Waals surface area contributed by atoms with E-state index in [2.05, 4.69) is 10.4 Å². The Balaban J connectivity index is 1.75. The molecule has 0 aliphatic rings. The summed E-state index contributed by atoms with van der Waals surface area (Å²) in [6, 6.07) is 13.1. The Kier molecular flexibility index (Phi) is 5.76. The van der Waals surface area contributed by atoms with Gasteiger partial charge in [0.25, 0.3) is 5.91 Å². The van der Waals surface area contributed by atoms with Crippen LogP contribution in [0.25, 0.3) is 0 Å². The highest BCUT2D eigenvalue weighted by Gasteiger charge is 2.26. The molecule has 2 aromatic carbocycles. The van der Waals surface area contributed by atoms with Crippen molar-refractivity contribution < 1.29 is 22.0 Å². The molecule has 0 saturated carbocycles. The van der Waals surface area contributed by atoms with E-state index in [1.807, 2.05) is 6.07 Å². The van der Waals surface area contributed by atoms with Gasteiger partial charge in [-0.1, -0.05) is 23.7 Å². The molecule has 3 rings (SSSR count). The van der Waals surface area contributed by atoms with Crippen LogP contribution in [-0.2, 0) is 16.4 Å². The van der Waals surface area contributed by atoms with E-state index in [9.17, 15) is 22.0 Å². The molecule has 0 aliphatic heterocycles. The zero-order valence-corrected chi connectivity index (χ0v) is 15.8. The summed E-state index contributed by atoms with van der Waals surface area (Å²) < 4.78 is 49.6. The van der Waals surface area contributed by atoms with Crippen molar-refractivity contribution in [2.24, 2.45) is 0 Å². The third kappa shape index (κ3) is 4.37. The highest BCUT2D eigenvalue weighted by Crippen LogP contribution is 2.19. The summed E-state index contributed by atoms with van der Waals surface area (Å²) in [7, 11) is -4.70. The smallest absolute Gasteiger partial charge is 0.307 e. The van der Waals surface area contributed by atoms with Crippen molar-refractivity contribution >= 4 is 33.2 Å². The molecule has 28 heavy (non-hydrogen) atoms. The van der Waals surface area contributed by atoms with Crippen LogP contribution in [0.15, 0.2) is 65.7 Å². The summed E-state index contributed by atoms with van der Waals surface area (Å²) in [6.45, 7) is 0.370. The number of sulfone groups is 1. The number of nitrogens with one attached hydrogen (secondary N) is 1. The van der Waals surface area contributed by atoms with Crippen molar-refractivity contribution in [2.45, 2.75) is 17.2 Å². The fourth-order valence-corrected chi connectivity index (χ4v) is 3.39. The summed E-state index contributed by atoms with van der Waals surface area (Å²) in [6.07, 6.45) is 1.51. The Morgan fingerprint density at radius 3 is 2.50 bits per heavy atom. The topological polar surface area (TPSA) is 81.1 Å². The molecule has 0 saturated heterocycles. The largest absolute Gasteiger partial charge is 0.341 e. The molecule has 6 nitrogen and oxygen atoms in total. The van der Waals surface area contributed by atoms with Gasteiger partial charge in [-0.05, 0) is 42.0 Å². The first-order valence-corrected chi connectivity index (χ1v) is 9.89. The Labute approximate surface area is 164 Å². The number of alkyl halides is 2. The van der Waals surface area contributed by atoms with Gasteiger partial charge in [-0.2, -0.15) is 13.9 Å². The quantitative estimate of drug-likeness (QED) is 0.650. The number of hydrogen-bond acceptors (Lipinski definition) is 4. The normalized spacial score (nSPS) is 11.6. The van der Waals surface area contributed by atoms with Gasteiger partial charge >= 0.3 is 5.76 Å². The van der Waals surface area contributed by atoms with E-state index < -0.39 is 26.4 Å². The number of amides is 1. The number of nitrogens with zero attached hydrogens (tertiary/aromatic N) is 2. The highest BCUT2D eigenvalue weighted by molar-refractivity contribution is 7.91. The summed E-state index contributed by atoms with van der Waals surface area (Å²) in [5, 5.41) is 7.38. The minimum absolute atomic E-state index is 0.115. The molecular weight excluding hydrogens is 412 g/mol. The molecule has 1 N–H and O–H groups in total. The van der Waals surface area contributed by atoms with E-state index in [0.29, 0.717) is 17.4 Å². The monoisotopic (exact) mass is 425 g/mol. The summed E-state index contributed by atoms with van der Waals surface area (Å²) in [4.78, 5) is 11.8. The minimum atomic E-state index is -4.70. The summed E-state index contributed by atoms with van der Waals surface area (Å²) in [5.41, 5.74) is 0.997. The second-order valence-corrected chi connectivity index (χ2v) is 8.14. The second kappa shape index (κ2) is 8.07. The van der Waals surface area contributed by atoms with Gasteiger partial charge < -0.3 is 5.32 Å². The summed E-state index contributed by atoms with van der Waals surface area (Å²) in [5.74, 6) is -3.64. The number of carbonyl (C=O) groups excluding carboxylic acids is 1. The van der Waals surface area contributed by atoms with Crippen molar-refractivity contribution in [3.8, 4) is 0 Å². The van der Waals surface area contributed by atoms with Gasteiger partial charge in [-0.25, -0.2) is 13.1 Å². The number of halogens is 3. The SMILES string of the molecule is O=C(Nc1ccnn1Cc1cccc(Cl)c1)c1ccc(S(=O)(=O)C(F)F)cc1. The molecule has 0 bridgehead atoms. The van der Waals surface area contributed by atoms with E-state index in [4.69, 9.17) is 11.6 Å². The van der Waals surface area contributed by atoms with Crippen LogP contribution in [0, 0.1) is 0 Å². The average Bonchev–Trinajstić information content (AvgIpc) is 3.08. The maximum Gasteiger partial charge on any atom is 0.341 e. The lowest BCUT2D eigenvalue weighted by Crippen LogP contribution is -2.17. The molecule has 1 heterocycles. The predicted octanol–water partition coefficient (Wildman–Crippen LogP) is 3.83. The van der Waals surface area contributed by atoms with E-state index in [1.54, 1.807) is 28.9 Å². The van der Waals surface area contributed by atoms with E-state index in [1.165, 1.54) is 18.3 Å². The first-order valence-electron chi connectivity index (χ1n) is 7.97. The van der Waals surface area contributed by atoms with Gasteiger partial charge in [-0.15, -0.1) is 0 Å². The number of carbonyl (C=O) groups is 1. The maximum atomic E-state index is 12.6. The third-order valence-corrected chi connectivity index (χ3v) is 5.49. The van der Waals surface area contributed by atoms with Gasteiger partial charge in [0, 0.05) is 16.7 Å². The number of benzene rings is 2. The van der Waals surface area contributed by atoms with Gasteiger partial charge in [-0.3, -0.25) is 4.79 Å². The molecular formula is C18H14ClF2N3O3S. The first kappa shape index (κ1) is 20.0. The van der Waals surface area contributed by atoms with Gasteiger partial charge in [0.1, 0.15) is 5.82 Å². The second-order valence-electron chi connectivity index (χ2n) is 5.79. The van der Waals surface area contributed by atoms with Crippen LogP contribution in [0.5, 0.6) is 0 Å². The van der Waals surface area contributed by atoms with Crippen molar-refractivity contribution in [2.75, 3.05) is 5.32 Å². The lowest BCUT2D eigenvalue weighted by atomic mass is 10.2. The lowest BCUT2D eigenvalue weighted by molar-refractivity contribution is 0.102. The standard InChI is InChI=1S/C18H14ClF2N3O3S/c19-14-3-1-2-12(10-14)11-24-16(8-9-22-24)23-17(25)13-4-6-15(7-5-13)28(26,27)18(20)21/h1-10,18H,11H2,(H,23,25). The molecule has 1 amide bonds. The molecule has 1 aromatic heterocycles. The Morgan fingerprint density at radius 1 is 1.14 bits per heavy atom. The van der Waals surface area contributed by atoms with Crippen LogP contribution in [-0.4, -0.2) is 29.9 Å². The van der Waals surface area contributed by atoms with Crippen molar-refractivity contribution in [3.63, 3.8) is 0 Å². The van der Waals surface area contributed by atoms with Crippen molar-refractivity contribution in [1.82, 2.24) is 9.78 Å². The maximum absolute atomic E-state index is 12.6. The van der Waals surface area contributed by atoms with Gasteiger partial charge in [0.15, 0.2) is 0 Å². The molecule has 0 fully saturated rings. The van der Waals surface area contributed by atoms with Crippen LogP contribution in [0.2, 0.25) is 5.02 Å². The van der Waals surface area contributed by atoms with E-state index in [0.717, 1.165) is 17.7 Å². The van der Waals surface area contributed by atoms with Crippen LogP contribution in [0.3, 0.4) is 0 Å². The molecule has 10 heteroatoms. The Hall–Kier alpha value is -2.78. The molecule has 0 atom stereocenters. The predicted molar refractivity (Wildman–Crippen MR) is 100 cm³/mol. The molecule has 0 spiro atoms.